The largest absolute Gasteiger partial charge is 0.363 e. The highest BCUT2D eigenvalue weighted by Crippen LogP contribution is 2.30. The number of aromatic nitrogens is 2. The summed E-state index contributed by atoms with van der Waals surface area (Å²) in [5.74, 6) is 0.547. The first kappa shape index (κ1) is 23.1. The Balaban J connectivity index is 1.88. The fraction of sp³-hybridized carbons (Fsp3) is 0.476. The summed E-state index contributed by atoms with van der Waals surface area (Å²) < 4.78 is 40.7. The Morgan fingerprint density at radius 3 is 2.48 bits per heavy atom. The number of hydrogen-bond acceptors (Lipinski definition) is 6. The van der Waals surface area contributed by atoms with E-state index in [2.05, 4.69) is 9.97 Å². The summed E-state index contributed by atoms with van der Waals surface area (Å²) in [6, 6.07) is 6.70. The van der Waals surface area contributed by atoms with Gasteiger partial charge in [-0.25, -0.2) is 22.8 Å². The van der Waals surface area contributed by atoms with Crippen LogP contribution in [-0.4, -0.2) is 67.7 Å². The smallest absolute Gasteiger partial charge is 0.243 e. The van der Waals surface area contributed by atoms with Gasteiger partial charge in [0.1, 0.15) is 17.5 Å². The molecule has 3 rings (SSSR count). The van der Waals surface area contributed by atoms with E-state index in [4.69, 9.17) is 0 Å². The Morgan fingerprint density at radius 2 is 1.87 bits per heavy atom. The van der Waals surface area contributed by atoms with Gasteiger partial charge < -0.3 is 9.80 Å². The second-order valence-corrected chi connectivity index (χ2v) is 9.94. The molecule has 0 spiro atoms. The Bertz CT molecular complexity index is 1040. The number of hydrogen-bond donors (Lipinski definition) is 0. The molecule has 0 aliphatic carbocycles. The van der Waals surface area contributed by atoms with Crippen molar-refractivity contribution in [3.63, 3.8) is 0 Å². The molecule has 1 aliphatic rings. The molecule has 1 aromatic carbocycles. The summed E-state index contributed by atoms with van der Waals surface area (Å²) in [4.78, 5) is 24.4. The molecule has 2 heterocycles. The third-order valence-corrected chi connectivity index (χ3v) is 7.26. The number of carbonyl (C=O) groups is 1. The van der Waals surface area contributed by atoms with Gasteiger partial charge >= 0.3 is 0 Å². The van der Waals surface area contributed by atoms with Crippen LogP contribution >= 0.6 is 0 Å². The first-order chi connectivity index (χ1) is 14.6. The minimum Gasteiger partial charge on any atom is -0.363 e. The summed E-state index contributed by atoms with van der Waals surface area (Å²) in [6.07, 6.45) is 1.43. The summed E-state index contributed by atoms with van der Waals surface area (Å²) in [5.41, 5.74) is 0.699. The number of amides is 1. The molecule has 1 amide bonds. The van der Waals surface area contributed by atoms with E-state index in [9.17, 15) is 17.6 Å². The predicted molar refractivity (Wildman–Crippen MR) is 116 cm³/mol. The van der Waals surface area contributed by atoms with Crippen LogP contribution in [0.3, 0.4) is 0 Å². The number of sulfonamides is 1. The number of nitrogens with zero attached hydrogens (tertiary/aromatic N) is 5. The molecule has 10 heteroatoms. The summed E-state index contributed by atoms with van der Waals surface area (Å²) in [7, 11) is 1.71. The minimum absolute atomic E-state index is 0.0687. The Hall–Kier alpha value is -2.59. The lowest BCUT2D eigenvalue weighted by molar-refractivity contribution is -0.128. The van der Waals surface area contributed by atoms with E-state index in [1.807, 2.05) is 25.1 Å². The molecular weight excluding hydrogens is 421 g/mol. The highest BCUT2D eigenvalue weighted by atomic mass is 32.2. The van der Waals surface area contributed by atoms with Crippen LogP contribution in [0, 0.1) is 5.82 Å². The topological polar surface area (TPSA) is 86.7 Å². The molecule has 8 nitrogen and oxygen atoms in total. The Morgan fingerprint density at radius 1 is 1.19 bits per heavy atom. The van der Waals surface area contributed by atoms with Crippen molar-refractivity contribution < 1.29 is 17.6 Å². The monoisotopic (exact) mass is 449 g/mol. The van der Waals surface area contributed by atoms with Crippen molar-refractivity contribution in [3.05, 3.63) is 47.7 Å². The Labute approximate surface area is 182 Å². The van der Waals surface area contributed by atoms with Crippen molar-refractivity contribution >= 4 is 21.7 Å². The van der Waals surface area contributed by atoms with Gasteiger partial charge in [0.25, 0.3) is 0 Å². The van der Waals surface area contributed by atoms with Crippen LogP contribution in [0.2, 0.25) is 0 Å². The third kappa shape index (κ3) is 5.37. The van der Waals surface area contributed by atoms with Crippen LogP contribution < -0.4 is 4.90 Å². The summed E-state index contributed by atoms with van der Waals surface area (Å²) >= 11 is 0. The first-order valence-corrected chi connectivity index (χ1v) is 11.5. The molecule has 0 N–H and O–H groups in total. The molecule has 0 radical (unpaired) electrons. The number of rotatable bonds is 6. The van der Waals surface area contributed by atoms with Crippen LogP contribution in [0.4, 0.5) is 10.2 Å². The van der Waals surface area contributed by atoms with Crippen LogP contribution in [0.1, 0.15) is 37.2 Å². The zero-order chi connectivity index (χ0) is 22.8. The molecule has 0 bridgehead atoms. The average Bonchev–Trinajstić information content (AvgIpc) is 2.73. The molecular formula is C21H28FN5O3S. The van der Waals surface area contributed by atoms with E-state index in [0.29, 0.717) is 36.8 Å². The number of carbonyl (C=O) groups excluding carboxylic acids is 1. The van der Waals surface area contributed by atoms with Crippen LogP contribution in [-0.2, 0) is 21.4 Å². The van der Waals surface area contributed by atoms with Crippen LogP contribution in [0.25, 0.3) is 0 Å². The second-order valence-electron chi connectivity index (χ2n) is 8.00. The standard InChI is InChI=1S/C21H28FN5O3S/c1-15(28)26(4)14-18-12-20(25(2)3)24-21(23-18)16-6-5-11-27(13-16)31(29,30)19-9-7-17(22)8-10-19/h7-10,12,16H,5-6,11,13-14H2,1-4H3/t16-/m0/s1. The molecule has 1 saturated heterocycles. The van der Waals surface area contributed by atoms with Gasteiger partial charge in [0.05, 0.1) is 17.1 Å². The third-order valence-electron chi connectivity index (χ3n) is 5.38. The zero-order valence-electron chi connectivity index (χ0n) is 18.2. The lowest BCUT2D eigenvalue weighted by Gasteiger charge is -2.31. The van der Waals surface area contributed by atoms with Crippen molar-refractivity contribution in [3.8, 4) is 0 Å². The van der Waals surface area contributed by atoms with Crippen molar-refractivity contribution in [1.29, 1.82) is 0 Å². The molecule has 1 aromatic heterocycles. The van der Waals surface area contributed by atoms with E-state index in [1.54, 1.807) is 11.9 Å². The molecule has 2 aromatic rings. The van der Waals surface area contributed by atoms with Crippen LogP contribution in [0.5, 0.6) is 0 Å². The molecule has 1 fully saturated rings. The van der Waals surface area contributed by atoms with Gasteiger partial charge in [-0.3, -0.25) is 4.79 Å². The fourth-order valence-electron chi connectivity index (χ4n) is 3.48. The molecule has 1 aliphatic heterocycles. The lowest BCUT2D eigenvalue weighted by Crippen LogP contribution is -2.39. The molecule has 0 unspecified atom stereocenters. The van der Waals surface area contributed by atoms with Crippen molar-refractivity contribution in [2.24, 2.45) is 0 Å². The fourth-order valence-corrected chi connectivity index (χ4v) is 5.00. The minimum atomic E-state index is -3.74. The highest BCUT2D eigenvalue weighted by Gasteiger charge is 2.32. The van der Waals surface area contributed by atoms with Gasteiger partial charge in [0.2, 0.25) is 15.9 Å². The van der Waals surface area contributed by atoms with Gasteiger partial charge in [-0.05, 0) is 37.1 Å². The summed E-state index contributed by atoms with van der Waals surface area (Å²) in [5, 5.41) is 0. The maximum atomic E-state index is 13.2. The highest BCUT2D eigenvalue weighted by molar-refractivity contribution is 7.89. The van der Waals surface area contributed by atoms with Crippen LogP contribution in [0.15, 0.2) is 35.2 Å². The van der Waals surface area contributed by atoms with E-state index < -0.39 is 15.8 Å². The molecule has 0 saturated carbocycles. The maximum Gasteiger partial charge on any atom is 0.243 e. The first-order valence-electron chi connectivity index (χ1n) is 10.1. The zero-order valence-corrected chi connectivity index (χ0v) is 19.1. The number of anilines is 1. The Kier molecular flexibility index (Phi) is 6.90. The predicted octanol–water partition coefficient (Wildman–Crippen LogP) is 2.23. The lowest BCUT2D eigenvalue weighted by atomic mass is 9.98. The number of benzene rings is 1. The second kappa shape index (κ2) is 9.27. The van der Waals surface area contributed by atoms with Gasteiger partial charge in [-0.2, -0.15) is 4.31 Å². The van der Waals surface area contributed by atoms with Crippen molar-refractivity contribution in [2.75, 3.05) is 39.1 Å². The van der Waals surface area contributed by atoms with Crippen molar-refractivity contribution in [1.82, 2.24) is 19.2 Å². The van der Waals surface area contributed by atoms with Gasteiger partial charge in [-0.15, -0.1) is 0 Å². The summed E-state index contributed by atoms with van der Waals surface area (Å²) in [6.45, 7) is 2.48. The normalized spacial score (nSPS) is 17.4. The average molecular weight is 450 g/mol. The SMILES string of the molecule is CC(=O)N(C)Cc1cc(N(C)C)nc([C@H]2CCCN(S(=O)(=O)c3ccc(F)cc3)C2)n1. The van der Waals surface area contributed by atoms with E-state index >= 15 is 0 Å². The van der Waals surface area contributed by atoms with E-state index in [1.165, 1.54) is 23.4 Å². The molecule has 1 atom stereocenters. The number of halogens is 1. The van der Waals surface area contributed by atoms with Crippen molar-refractivity contribution in [2.45, 2.75) is 37.1 Å². The van der Waals surface area contributed by atoms with Gasteiger partial charge in [0.15, 0.2) is 0 Å². The van der Waals surface area contributed by atoms with E-state index in [0.717, 1.165) is 18.6 Å². The molecule has 31 heavy (non-hydrogen) atoms. The van der Waals surface area contributed by atoms with Gasteiger partial charge in [-0.1, -0.05) is 0 Å². The van der Waals surface area contributed by atoms with E-state index in [-0.39, 0.29) is 23.3 Å². The molecule has 168 valence electrons. The quantitative estimate of drug-likeness (QED) is 0.672. The maximum absolute atomic E-state index is 13.2. The number of piperidine rings is 1. The van der Waals surface area contributed by atoms with Gasteiger partial charge in [0, 0.05) is 53.1 Å².